The highest BCUT2D eigenvalue weighted by Crippen LogP contribution is 2.48. The molecule has 13 heteroatoms. The van der Waals surface area contributed by atoms with Crippen LogP contribution < -0.4 is 20.1 Å². The summed E-state index contributed by atoms with van der Waals surface area (Å²) in [5, 5.41) is 5.75. The van der Waals surface area contributed by atoms with Crippen LogP contribution in [0.1, 0.15) is 32.1 Å². The highest BCUT2D eigenvalue weighted by Gasteiger charge is 2.57. The summed E-state index contributed by atoms with van der Waals surface area (Å²) in [4.78, 5) is 37.5. The van der Waals surface area contributed by atoms with Gasteiger partial charge in [-0.1, -0.05) is 23.2 Å². The second kappa shape index (κ2) is 11.8. The van der Waals surface area contributed by atoms with Gasteiger partial charge in [0.25, 0.3) is 11.8 Å². The third-order valence-corrected chi connectivity index (χ3v) is 7.62. The van der Waals surface area contributed by atoms with Gasteiger partial charge in [0.1, 0.15) is 29.2 Å². The van der Waals surface area contributed by atoms with E-state index in [0.717, 1.165) is 12.1 Å². The lowest BCUT2D eigenvalue weighted by molar-refractivity contribution is -0.138. The Balaban J connectivity index is 1.38. The van der Waals surface area contributed by atoms with Crippen LogP contribution in [-0.2, 0) is 19.1 Å². The molecule has 0 aliphatic heterocycles. The molecular formula is C26H26Cl2F2N2O7. The maximum atomic E-state index is 13.7. The summed E-state index contributed by atoms with van der Waals surface area (Å²) >= 11 is 11.3. The zero-order valence-electron chi connectivity index (χ0n) is 20.9. The van der Waals surface area contributed by atoms with Crippen LogP contribution >= 0.6 is 23.2 Å². The fraction of sp³-hybridized carbons (Fsp3) is 0.423. The number of hydrogen-bond donors (Lipinski definition) is 2. The van der Waals surface area contributed by atoms with Gasteiger partial charge in [-0.25, -0.2) is 13.6 Å². The maximum Gasteiger partial charge on any atom is 0.508 e. The Morgan fingerprint density at radius 3 is 1.87 bits per heavy atom. The molecule has 2 aromatic rings. The zero-order valence-corrected chi connectivity index (χ0v) is 22.4. The molecular weight excluding hydrogens is 561 g/mol. The second-order valence-corrected chi connectivity index (χ2v) is 10.3. The van der Waals surface area contributed by atoms with Crippen LogP contribution in [0.4, 0.5) is 13.6 Å². The van der Waals surface area contributed by atoms with Crippen molar-refractivity contribution in [2.75, 3.05) is 20.3 Å². The Bertz CT molecular complexity index is 1250. The average molecular weight is 587 g/mol. The molecule has 0 radical (unpaired) electrons. The first kappa shape index (κ1) is 28.7. The summed E-state index contributed by atoms with van der Waals surface area (Å²) < 4.78 is 48.3. The van der Waals surface area contributed by atoms with Crippen molar-refractivity contribution in [1.82, 2.24) is 10.6 Å². The van der Waals surface area contributed by atoms with Crippen LogP contribution in [0.15, 0.2) is 36.4 Å². The van der Waals surface area contributed by atoms with Gasteiger partial charge in [0, 0.05) is 24.1 Å². The molecule has 9 nitrogen and oxygen atoms in total. The lowest BCUT2D eigenvalue weighted by Gasteiger charge is -2.56. The lowest BCUT2D eigenvalue weighted by Crippen LogP contribution is -2.71. The molecule has 3 fully saturated rings. The minimum absolute atomic E-state index is 0.0623. The van der Waals surface area contributed by atoms with Crippen LogP contribution in [0.3, 0.4) is 0 Å². The van der Waals surface area contributed by atoms with E-state index >= 15 is 0 Å². The number of carbonyl (C=O) groups excluding carboxylic acids is 3. The van der Waals surface area contributed by atoms with Crippen LogP contribution in [-0.4, -0.2) is 55.5 Å². The minimum Gasteiger partial charge on any atom is -0.484 e. The van der Waals surface area contributed by atoms with Crippen molar-refractivity contribution in [2.24, 2.45) is 0 Å². The monoisotopic (exact) mass is 586 g/mol. The van der Waals surface area contributed by atoms with E-state index in [9.17, 15) is 23.2 Å². The van der Waals surface area contributed by atoms with Gasteiger partial charge in [-0.15, -0.1) is 0 Å². The molecule has 0 heterocycles. The summed E-state index contributed by atoms with van der Waals surface area (Å²) in [6, 6.07) is 7.68. The number of rotatable bonds is 9. The molecule has 2 aromatic carbocycles. The largest absolute Gasteiger partial charge is 0.508 e. The molecule has 1 atom stereocenters. The quantitative estimate of drug-likeness (QED) is 0.414. The number of carbonyl (C=O) groups is 3. The molecule has 3 saturated carbocycles. The fourth-order valence-electron chi connectivity index (χ4n) is 5.03. The number of hydrogen-bond acceptors (Lipinski definition) is 7. The van der Waals surface area contributed by atoms with E-state index < -0.39 is 53.4 Å². The molecule has 39 heavy (non-hydrogen) atoms. The normalized spacial score (nSPS) is 23.5. The zero-order chi connectivity index (χ0) is 28.2. The van der Waals surface area contributed by atoms with Gasteiger partial charge in [-0.3, -0.25) is 9.59 Å². The van der Waals surface area contributed by atoms with Crippen molar-refractivity contribution in [3.63, 3.8) is 0 Å². The summed E-state index contributed by atoms with van der Waals surface area (Å²) in [5.41, 5.74) is -1.63. The first-order chi connectivity index (χ1) is 18.5. The van der Waals surface area contributed by atoms with Gasteiger partial charge < -0.3 is 29.6 Å². The predicted octanol–water partition coefficient (Wildman–Crippen LogP) is 4.57. The van der Waals surface area contributed by atoms with Gasteiger partial charge in [-0.05, 0) is 49.9 Å². The summed E-state index contributed by atoms with van der Waals surface area (Å²) in [7, 11) is 1.17. The van der Waals surface area contributed by atoms with Crippen molar-refractivity contribution in [3.05, 3.63) is 58.1 Å². The Kier molecular flexibility index (Phi) is 8.70. The van der Waals surface area contributed by atoms with E-state index in [4.69, 9.17) is 37.4 Å². The van der Waals surface area contributed by atoms with Gasteiger partial charge >= 0.3 is 6.16 Å². The first-order valence-corrected chi connectivity index (χ1v) is 12.8. The van der Waals surface area contributed by atoms with Crippen molar-refractivity contribution in [3.8, 4) is 11.5 Å². The van der Waals surface area contributed by atoms with Crippen molar-refractivity contribution in [1.29, 1.82) is 0 Å². The Morgan fingerprint density at radius 1 is 0.872 bits per heavy atom. The number of ether oxygens (including phenoxy) is 4. The molecule has 2 amide bonds. The van der Waals surface area contributed by atoms with Crippen LogP contribution in [0.5, 0.6) is 11.5 Å². The standard InChI is InChI=1S/C26H26Cl2F2N2O7/c1-36-24(35)39-21-12-25(31-22(33)13-37-15-2-4-17(27)19(29)10-15)6-8-26(21,9-7-25)32-23(34)14-38-16-3-5-18(28)20(30)11-16/h2-5,10-11,21H,6-9,12-14H2,1H3,(H,31,33)(H,32,34)/t21-,25?,26?/m0/s1. The number of fused-ring (bicyclic) bond motifs is 3. The maximum absolute atomic E-state index is 13.7. The highest BCUT2D eigenvalue weighted by molar-refractivity contribution is 6.31. The topological polar surface area (TPSA) is 112 Å². The van der Waals surface area contributed by atoms with Crippen LogP contribution in [0.2, 0.25) is 10.0 Å². The average Bonchev–Trinajstić information content (AvgIpc) is 2.91. The molecule has 3 aliphatic rings. The Labute approximate surface area is 233 Å². The van der Waals surface area contributed by atoms with E-state index in [1.54, 1.807) is 0 Å². The lowest BCUT2D eigenvalue weighted by atomic mass is 9.59. The smallest absolute Gasteiger partial charge is 0.484 e. The van der Waals surface area contributed by atoms with E-state index in [-0.39, 0.29) is 34.6 Å². The minimum atomic E-state index is -0.927. The number of amides is 2. The summed E-state index contributed by atoms with van der Waals surface area (Å²) in [6.07, 6.45) is 0.226. The number of methoxy groups -OCH3 is 1. The van der Waals surface area contributed by atoms with Gasteiger partial charge in [-0.2, -0.15) is 0 Å². The van der Waals surface area contributed by atoms with Gasteiger partial charge in [0.05, 0.1) is 22.7 Å². The molecule has 0 spiro atoms. The molecule has 0 aromatic heterocycles. The molecule has 5 rings (SSSR count). The molecule has 2 bridgehead atoms. The SMILES string of the molecule is COC(=O)O[C@H]1CC2(NC(=O)COc3ccc(Cl)c(F)c3)CCC1(NC(=O)COc1ccc(Cl)c(F)c1)CC2. The highest BCUT2D eigenvalue weighted by atomic mass is 35.5. The van der Waals surface area contributed by atoms with E-state index in [0.29, 0.717) is 25.7 Å². The van der Waals surface area contributed by atoms with Crippen molar-refractivity contribution < 1.29 is 42.1 Å². The third-order valence-electron chi connectivity index (χ3n) is 7.01. The molecule has 0 saturated heterocycles. The van der Waals surface area contributed by atoms with Gasteiger partial charge in [0.15, 0.2) is 13.2 Å². The Morgan fingerprint density at radius 2 is 1.38 bits per heavy atom. The summed E-state index contributed by atoms with van der Waals surface area (Å²) in [6.45, 7) is -0.770. The van der Waals surface area contributed by atoms with E-state index in [1.807, 2.05) is 0 Å². The molecule has 0 unspecified atom stereocenters. The molecule has 3 aliphatic carbocycles. The van der Waals surface area contributed by atoms with Crippen molar-refractivity contribution >= 4 is 41.2 Å². The molecule has 2 N–H and O–H groups in total. The number of benzene rings is 2. The second-order valence-electron chi connectivity index (χ2n) is 9.53. The number of nitrogens with one attached hydrogen (secondary N) is 2. The van der Waals surface area contributed by atoms with Gasteiger partial charge in [0.2, 0.25) is 0 Å². The first-order valence-electron chi connectivity index (χ1n) is 12.1. The summed E-state index contributed by atoms with van der Waals surface area (Å²) in [5.74, 6) is -2.00. The van der Waals surface area contributed by atoms with E-state index in [2.05, 4.69) is 15.4 Å². The van der Waals surface area contributed by atoms with Crippen LogP contribution in [0, 0.1) is 11.6 Å². The van der Waals surface area contributed by atoms with Crippen LogP contribution in [0.25, 0.3) is 0 Å². The molecule has 210 valence electrons. The van der Waals surface area contributed by atoms with Crippen molar-refractivity contribution in [2.45, 2.75) is 49.3 Å². The number of halogens is 4. The van der Waals surface area contributed by atoms with E-state index in [1.165, 1.54) is 31.4 Å². The predicted molar refractivity (Wildman–Crippen MR) is 136 cm³/mol. The Hall–Kier alpha value is -3.31. The third kappa shape index (κ3) is 6.83. The fourth-order valence-corrected chi connectivity index (χ4v) is 5.26.